The van der Waals surface area contributed by atoms with Crippen LogP contribution in [-0.2, 0) is 11.8 Å². The molecular weight excluding hydrogens is 288 g/mol. The molecule has 1 aromatic carbocycles. The summed E-state index contributed by atoms with van der Waals surface area (Å²) in [6.45, 7) is 0. The minimum atomic E-state index is -0.0798. The van der Waals surface area contributed by atoms with Crippen LogP contribution in [0.5, 0.6) is 0 Å². The number of rotatable bonds is 2. The van der Waals surface area contributed by atoms with Crippen LogP contribution in [-0.4, -0.2) is 20.7 Å². The largest absolute Gasteiger partial charge is 0.311 e. The molecule has 0 spiro atoms. The van der Waals surface area contributed by atoms with Gasteiger partial charge in [0.25, 0.3) is 0 Å². The number of fused-ring (bicyclic) bond motifs is 1. The highest BCUT2D eigenvalue weighted by Gasteiger charge is 2.33. The van der Waals surface area contributed by atoms with Crippen molar-refractivity contribution in [1.82, 2.24) is 14.8 Å². The average molecular weight is 304 g/mol. The smallest absolute Gasteiger partial charge is 0.226 e. The van der Waals surface area contributed by atoms with Crippen LogP contribution < -0.4 is 5.32 Å². The maximum atomic E-state index is 12.1. The SMILES string of the molecule is Cn1nc(-c2ccccc2)c2c1NC(=O)C[C@H]2c1ccccn1. The first-order valence-corrected chi connectivity index (χ1v) is 7.57. The van der Waals surface area contributed by atoms with Crippen molar-refractivity contribution in [3.8, 4) is 11.3 Å². The van der Waals surface area contributed by atoms with Gasteiger partial charge in [-0.15, -0.1) is 0 Å². The van der Waals surface area contributed by atoms with Crippen LogP contribution in [0.1, 0.15) is 23.6 Å². The van der Waals surface area contributed by atoms with Crippen molar-refractivity contribution in [3.63, 3.8) is 0 Å². The Morgan fingerprint density at radius 2 is 1.91 bits per heavy atom. The minimum absolute atomic E-state index is 0.00392. The predicted molar refractivity (Wildman–Crippen MR) is 88.0 cm³/mol. The molecule has 0 saturated heterocycles. The summed E-state index contributed by atoms with van der Waals surface area (Å²) in [5.74, 6) is 0.676. The third-order valence-corrected chi connectivity index (χ3v) is 4.17. The molecule has 1 aliphatic heterocycles. The molecule has 2 aromatic heterocycles. The number of aryl methyl sites for hydroxylation is 1. The lowest BCUT2D eigenvalue weighted by atomic mass is 9.87. The van der Waals surface area contributed by atoms with Gasteiger partial charge in [0.1, 0.15) is 5.82 Å². The molecule has 5 heteroatoms. The Bertz CT molecular complexity index is 855. The highest BCUT2D eigenvalue weighted by molar-refractivity contribution is 5.96. The number of anilines is 1. The molecule has 5 nitrogen and oxygen atoms in total. The molecule has 0 saturated carbocycles. The van der Waals surface area contributed by atoms with Crippen LogP contribution in [0.4, 0.5) is 5.82 Å². The summed E-state index contributed by atoms with van der Waals surface area (Å²) in [5, 5.41) is 7.60. The molecule has 114 valence electrons. The number of nitrogens with one attached hydrogen (secondary N) is 1. The van der Waals surface area contributed by atoms with Gasteiger partial charge in [-0.05, 0) is 12.1 Å². The van der Waals surface area contributed by atoms with E-state index in [1.54, 1.807) is 10.9 Å². The third-order valence-electron chi connectivity index (χ3n) is 4.17. The Morgan fingerprint density at radius 1 is 1.13 bits per heavy atom. The van der Waals surface area contributed by atoms with Gasteiger partial charge in [-0.1, -0.05) is 36.4 Å². The monoisotopic (exact) mass is 304 g/mol. The fraction of sp³-hybridized carbons (Fsp3) is 0.167. The number of hydrogen-bond acceptors (Lipinski definition) is 3. The molecule has 0 radical (unpaired) electrons. The van der Waals surface area contributed by atoms with Gasteiger partial charge in [-0.25, -0.2) is 0 Å². The van der Waals surface area contributed by atoms with E-state index in [1.165, 1.54) is 0 Å². The van der Waals surface area contributed by atoms with Crippen molar-refractivity contribution in [3.05, 3.63) is 66.0 Å². The number of pyridine rings is 1. The molecular formula is C18H16N4O. The molecule has 3 heterocycles. The van der Waals surface area contributed by atoms with E-state index in [1.807, 2.05) is 55.6 Å². The van der Waals surface area contributed by atoms with Crippen LogP contribution in [0, 0.1) is 0 Å². The van der Waals surface area contributed by atoms with Crippen LogP contribution in [0.2, 0.25) is 0 Å². The molecule has 1 atom stereocenters. The van der Waals surface area contributed by atoms with Gasteiger partial charge in [0.15, 0.2) is 0 Å². The zero-order chi connectivity index (χ0) is 15.8. The van der Waals surface area contributed by atoms with E-state index in [-0.39, 0.29) is 11.8 Å². The summed E-state index contributed by atoms with van der Waals surface area (Å²) in [7, 11) is 1.85. The Hall–Kier alpha value is -2.95. The summed E-state index contributed by atoms with van der Waals surface area (Å²) in [6.07, 6.45) is 2.15. The van der Waals surface area contributed by atoms with Gasteiger partial charge in [0.2, 0.25) is 5.91 Å². The van der Waals surface area contributed by atoms with E-state index in [4.69, 9.17) is 0 Å². The van der Waals surface area contributed by atoms with Gasteiger partial charge in [-0.3, -0.25) is 14.5 Å². The second-order valence-corrected chi connectivity index (χ2v) is 5.66. The quantitative estimate of drug-likeness (QED) is 0.792. The van der Waals surface area contributed by atoms with Crippen molar-refractivity contribution in [2.45, 2.75) is 12.3 Å². The molecule has 0 aliphatic carbocycles. The molecule has 1 N–H and O–H groups in total. The van der Waals surface area contributed by atoms with Gasteiger partial charge >= 0.3 is 0 Å². The zero-order valence-corrected chi connectivity index (χ0v) is 12.7. The molecule has 23 heavy (non-hydrogen) atoms. The highest BCUT2D eigenvalue weighted by Crippen LogP contribution is 2.41. The summed E-state index contributed by atoms with van der Waals surface area (Å²) in [6, 6.07) is 15.8. The fourth-order valence-corrected chi connectivity index (χ4v) is 3.13. The van der Waals surface area contributed by atoms with Crippen molar-refractivity contribution in [2.24, 2.45) is 7.05 Å². The van der Waals surface area contributed by atoms with Crippen LogP contribution in [0.15, 0.2) is 54.7 Å². The first-order chi connectivity index (χ1) is 11.2. The number of hydrogen-bond donors (Lipinski definition) is 1. The summed E-state index contributed by atoms with van der Waals surface area (Å²) in [4.78, 5) is 16.6. The van der Waals surface area contributed by atoms with Gasteiger partial charge in [0.05, 0.1) is 5.69 Å². The van der Waals surface area contributed by atoms with E-state index in [0.717, 1.165) is 28.3 Å². The van der Waals surface area contributed by atoms with Crippen molar-refractivity contribution >= 4 is 11.7 Å². The Balaban J connectivity index is 1.93. The number of amides is 1. The molecule has 4 rings (SSSR count). The second kappa shape index (κ2) is 5.35. The van der Waals surface area contributed by atoms with E-state index >= 15 is 0 Å². The van der Waals surface area contributed by atoms with Gasteiger partial charge in [-0.2, -0.15) is 5.10 Å². The molecule has 0 bridgehead atoms. The topological polar surface area (TPSA) is 59.8 Å². The van der Waals surface area contributed by atoms with Gasteiger partial charge in [0, 0.05) is 42.4 Å². The Morgan fingerprint density at radius 3 is 2.65 bits per heavy atom. The van der Waals surface area contributed by atoms with E-state index in [2.05, 4.69) is 15.4 Å². The second-order valence-electron chi connectivity index (χ2n) is 5.66. The first-order valence-electron chi connectivity index (χ1n) is 7.57. The normalized spacial score (nSPS) is 16.7. The van der Waals surface area contributed by atoms with E-state index < -0.39 is 0 Å². The first kappa shape index (κ1) is 13.7. The Kier molecular flexibility index (Phi) is 3.19. The molecule has 1 amide bonds. The standard InChI is InChI=1S/C18H16N4O/c1-22-18-16(17(21-22)12-7-3-2-4-8-12)13(11-15(23)20-18)14-9-5-6-10-19-14/h2-10,13H,11H2,1H3,(H,20,23)/t13-/m0/s1. The summed E-state index contributed by atoms with van der Waals surface area (Å²) < 4.78 is 1.74. The fourth-order valence-electron chi connectivity index (χ4n) is 3.13. The zero-order valence-electron chi connectivity index (χ0n) is 12.7. The lowest BCUT2D eigenvalue weighted by Gasteiger charge is -2.23. The maximum absolute atomic E-state index is 12.1. The third kappa shape index (κ3) is 2.30. The van der Waals surface area contributed by atoms with E-state index in [0.29, 0.717) is 6.42 Å². The van der Waals surface area contributed by atoms with Crippen molar-refractivity contribution in [1.29, 1.82) is 0 Å². The minimum Gasteiger partial charge on any atom is -0.311 e. The molecule has 0 fully saturated rings. The highest BCUT2D eigenvalue weighted by atomic mass is 16.1. The number of carbonyl (C=O) groups excluding carboxylic acids is 1. The lowest BCUT2D eigenvalue weighted by molar-refractivity contribution is -0.116. The lowest BCUT2D eigenvalue weighted by Crippen LogP contribution is -2.25. The number of carbonyl (C=O) groups is 1. The van der Waals surface area contributed by atoms with Crippen molar-refractivity contribution < 1.29 is 4.79 Å². The average Bonchev–Trinajstić information content (AvgIpc) is 2.93. The summed E-state index contributed by atoms with van der Waals surface area (Å²) >= 11 is 0. The summed E-state index contributed by atoms with van der Waals surface area (Å²) in [5.41, 5.74) is 3.88. The van der Waals surface area contributed by atoms with Crippen LogP contribution >= 0.6 is 0 Å². The van der Waals surface area contributed by atoms with Crippen LogP contribution in [0.3, 0.4) is 0 Å². The number of nitrogens with zero attached hydrogens (tertiary/aromatic N) is 3. The van der Waals surface area contributed by atoms with Gasteiger partial charge < -0.3 is 5.32 Å². The molecule has 0 unspecified atom stereocenters. The molecule has 1 aliphatic rings. The van der Waals surface area contributed by atoms with E-state index in [9.17, 15) is 4.79 Å². The maximum Gasteiger partial charge on any atom is 0.226 e. The number of aromatic nitrogens is 3. The van der Waals surface area contributed by atoms with Crippen molar-refractivity contribution in [2.75, 3.05) is 5.32 Å². The van der Waals surface area contributed by atoms with Crippen LogP contribution in [0.25, 0.3) is 11.3 Å². The number of benzene rings is 1. The Labute approximate surface area is 134 Å². The molecule has 3 aromatic rings. The predicted octanol–water partition coefficient (Wildman–Crippen LogP) is 2.96.